The van der Waals surface area contributed by atoms with Crippen LogP contribution in [0, 0.1) is 3.57 Å². The molecule has 2 N–H and O–H groups in total. The minimum Gasteiger partial charge on any atom is -0.497 e. The van der Waals surface area contributed by atoms with Gasteiger partial charge in [-0.05, 0) is 114 Å². The highest BCUT2D eigenvalue weighted by molar-refractivity contribution is 14.1. The van der Waals surface area contributed by atoms with Gasteiger partial charge in [0.05, 0.1) is 56.7 Å². The summed E-state index contributed by atoms with van der Waals surface area (Å²) in [5, 5.41) is 33.5. The smallest absolute Gasteiger partial charge is 0.408 e. The van der Waals surface area contributed by atoms with Crippen molar-refractivity contribution in [2.24, 2.45) is 0 Å². The first-order chi connectivity index (χ1) is 27.4. The number of aromatic nitrogens is 4. The third-order valence-corrected chi connectivity index (χ3v) is 13.9. The van der Waals surface area contributed by atoms with E-state index in [2.05, 4.69) is 15.4 Å². The first kappa shape index (κ1) is 44.3. The summed E-state index contributed by atoms with van der Waals surface area (Å²) in [5.41, 5.74) is 0.677. The van der Waals surface area contributed by atoms with Crippen LogP contribution in [0.15, 0.2) is 94.7 Å². The van der Waals surface area contributed by atoms with Gasteiger partial charge in [0.1, 0.15) is 22.1 Å². The van der Waals surface area contributed by atoms with Gasteiger partial charge in [-0.2, -0.15) is 9.10 Å². The Kier molecular flexibility index (Phi) is 14.0. The van der Waals surface area contributed by atoms with E-state index in [-0.39, 0.29) is 31.0 Å². The predicted molar refractivity (Wildman–Crippen MR) is 223 cm³/mol. The third kappa shape index (κ3) is 10.2. The van der Waals surface area contributed by atoms with Gasteiger partial charge in [0, 0.05) is 22.2 Å². The molecule has 0 spiro atoms. The molecule has 310 valence electrons. The summed E-state index contributed by atoms with van der Waals surface area (Å²) in [7, 11) is -5.00. The Hall–Kier alpha value is -4.83. The monoisotopic (exact) mass is 948 g/mol. The molecular formula is C39H45IN6O10S2. The number of methoxy groups -OCH3 is 3. The maximum Gasteiger partial charge on any atom is 0.408 e. The van der Waals surface area contributed by atoms with Crippen molar-refractivity contribution in [1.82, 2.24) is 29.4 Å². The van der Waals surface area contributed by atoms with E-state index >= 15 is 8.42 Å². The lowest BCUT2D eigenvalue weighted by atomic mass is 10.0. The van der Waals surface area contributed by atoms with E-state index in [1.807, 2.05) is 22.6 Å². The number of sulfonamides is 1. The van der Waals surface area contributed by atoms with Gasteiger partial charge in [0.2, 0.25) is 15.8 Å². The molecule has 0 saturated heterocycles. The molecule has 1 aromatic heterocycles. The number of tetrazole rings is 1. The number of benzene rings is 4. The second-order valence-corrected chi connectivity index (χ2v) is 19.2. The Labute approximate surface area is 351 Å². The quantitative estimate of drug-likeness (QED) is 0.114. The van der Waals surface area contributed by atoms with E-state index in [0.29, 0.717) is 31.9 Å². The molecule has 5 aromatic rings. The van der Waals surface area contributed by atoms with Crippen LogP contribution in [0.5, 0.6) is 17.2 Å². The number of nitrogens with zero attached hydrogens (tertiary/aromatic N) is 6. The number of hydrogen-bond donors (Lipinski definition) is 2. The second kappa shape index (κ2) is 18.4. The molecule has 16 nitrogen and oxygen atoms in total. The van der Waals surface area contributed by atoms with Gasteiger partial charge in [0.15, 0.2) is 9.84 Å². The normalized spacial score (nSPS) is 12.6. The number of aliphatic hydroxyl groups excluding tert-OH is 1. The lowest BCUT2D eigenvalue weighted by molar-refractivity contribution is 0.0543. The summed E-state index contributed by atoms with van der Waals surface area (Å²) >= 11 is 1.90. The summed E-state index contributed by atoms with van der Waals surface area (Å²) in [6.45, 7) is 3.58. The molecule has 1 unspecified atom stereocenters. The number of halogens is 1. The van der Waals surface area contributed by atoms with Crippen LogP contribution in [0.25, 0.3) is 11.4 Å². The Morgan fingerprint density at radius 1 is 0.793 bits per heavy atom. The van der Waals surface area contributed by atoms with Crippen molar-refractivity contribution < 1.29 is 46.1 Å². The average molecular weight is 949 g/mol. The number of rotatable bonds is 17. The summed E-state index contributed by atoms with van der Waals surface area (Å²) in [6, 6.07) is 21.8. The van der Waals surface area contributed by atoms with Crippen LogP contribution in [0.3, 0.4) is 0 Å². The largest absolute Gasteiger partial charge is 0.497 e. The van der Waals surface area contributed by atoms with Gasteiger partial charge in [0.25, 0.3) is 0 Å². The molecule has 0 aliphatic rings. The lowest BCUT2D eigenvalue weighted by Gasteiger charge is -2.38. The van der Waals surface area contributed by atoms with Crippen LogP contribution in [0.1, 0.15) is 37.5 Å². The first-order valence-electron chi connectivity index (χ1n) is 17.8. The molecule has 1 amide bonds. The van der Waals surface area contributed by atoms with Gasteiger partial charge in [-0.3, -0.25) is 4.90 Å². The Bertz CT molecular complexity index is 2370. The zero-order chi connectivity index (χ0) is 42.4. The van der Waals surface area contributed by atoms with Crippen molar-refractivity contribution in [3.63, 3.8) is 0 Å². The molecule has 1 atom stereocenters. The number of ether oxygens (including phenoxy) is 3. The van der Waals surface area contributed by atoms with Crippen LogP contribution in [0.2, 0.25) is 0 Å². The van der Waals surface area contributed by atoms with E-state index in [1.54, 1.807) is 101 Å². The summed E-state index contributed by atoms with van der Waals surface area (Å²) < 4.78 is 77.6. The topological polar surface area (TPSA) is 204 Å². The van der Waals surface area contributed by atoms with Crippen LogP contribution >= 0.6 is 22.6 Å². The zero-order valence-corrected chi connectivity index (χ0v) is 36.5. The van der Waals surface area contributed by atoms with Crippen molar-refractivity contribution in [2.45, 2.75) is 61.8 Å². The Morgan fingerprint density at radius 2 is 1.28 bits per heavy atom. The lowest BCUT2D eigenvalue weighted by Crippen LogP contribution is -2.55. The predicted octanol–water partition coefficient (Wildman–Crippen LogP) is 5.32. The summed E-state index contributed by atoms with van der Waals surface area (Å²) in [6.07, 6.45) is -1.46. The molecule has 0 radical (unpaired) electrons. The molecule has 0 aliphatic carbocycles. The Morgan fingerprint density at radius 3 is 1.71 bits per heavy atom. The highest BCUT2D eigenvalue weighted by Gasteiger charge is 2.41. The van der Waals surface area contributed by atoms with Crippen LogP contribution in [-0.2, 0) is 39.5 Å². The Balaban J connectivity index is 1.73. The second-order valence-electron chi connectivity index (χ2n) is 14.2. The van der Waals surface area contributed by atoms with E-state index in [1.165, 1.54) is 31.1 Å². The molecule has 0 aliphatic heterocycles. The van der Waals surface area contributed by atoms with E-state index in [9.17, 15) is 23.4 Å². The van der Waals surface area contributed by atoms with Crippen molar-refractivity contribution in [3.05, 3.63) is 105 Å². The molecule has 0 bridgehead atoms. The van der Waals surface area contributed by atoms with E-state index in [0.717, 1.165) is 14.8 Å². The number of hydrogen-bond acceptors (Lipinski definition) is 12. The zero-order valence-electron chi connectivity index (χ0n) is 32.7. The number of aliphatic hydroxyl groups is 1. The maximum atomic E-state index is 15.5. The van der Waals surface area contributed by atoms with Crippen molar-refractivity contribution in [1.29, 1.82) is 0 Å². The standard InChI is InChI=1S/C39H45IN6O10S2/c1-39(2,3)46(38(48)49)29(24-47)25-57(50,51)34-20-19-33(40)35(37-41-43-45(42-37)23-28-11-17-32(56-6)18-12-28)36(34)58(52,53)44(21-26-7-13-30(54-4)14-8-26)22-27-9-15-31(55-5)16-10-27/h7-20,29,47H,21-25H2,1-6H3,(H,48,49). The SMILES string of the molecule is COc1ccc(CN(Cc2ccc(OC)cc2)S(=O)(=O)c2c(S(=O)(=O)CC(CO)N(C(=O)O)C(C)(C)C)ccc(I)c2-c2nnn(Cc3ccc(OC)cc3)n2)cc1. The summed E-state index contributed by atoms with van der Waals surface area (Å²) in [5.74, 6) is 0.640. The number of amides is 1. The maximum absolute atomic E-state index is 15.5. The number of sulfone groups is 1. The first-order valence-corrected chi connectivity index (χ1v) is 21.9. The molecule has 58 heavy (non-hydrogen) atoms. The van der Waals surface area contributed by atoms with Crippen LogP contribution in [-0.4, -0.2) is 108 Å². The molecular weight excluding hydrogens is 903 g/mol. The molecule has 0 saturated carbocycles. The van der Waals surface area contributed by atoms with Crippen molar-refractivity contribution in [3.8, 4) is 28.6 Å². The molecule has 1 heterocycles. The van der Waals surface area contributed by atoms with Crippen molar-refractivity contribution >= 4 is 48.5 Å². The van der Waals surface area contributed by atoms with Gasteiger partial charge in [-0.25, -0.2) is 21.6 Å². The van der Waals surface area contributed by atoms with Gasteiger partial charge < -0.3 is 24.4 Å². The number of carbonyl (C=O) groups is 1. The highest BCUT2D eigenvalue weighted by atomic mass is 127. The fourth-order valence-electron chi connectivity index (χ4n) is 6.32. The van der Waals surface area contributed by atoms with E-state index < -0.39 is 59.7 Å². The average Bonchev–Trinajstić information content (AvgIpc) is 3.64. The number of carboxylic acid groups (broad SMARTS) is 1. The van der Waals surface area contributed by atoms with Crippen molar-refractivity contribution in [2.75, 3.05) is 33.7 Å². The minimum atomic E-state index is -4.85. The van der Waals surface area contributed by atoms with E-state index in [4.69, 9.17) is 14.2 Å². The molecule has 5 rings (SSSR count). The molecule has 19 heteroatoms. The van der Waals surface area contributed by atoms with Crippen LogP contribution in [0.4, 0.5) is 4.79 Å². The summed E-state index contributed by atoms with van der Waals surface area (Å²) in [4.78, 5) is 13.3. The van der Waals surface area contributed by atoms with Gasteiger partial charge in [-0.1, -0.05) is 36.4 Å². The third-order valence-electron chi connectivity index (χ3n) is 9.12. The van der Waals surface area contributed by atoms with Gasteiger partial charge >= 0.3 is 6.09 Å². The molecule has 4 aromatic carbocycles. The fraction of sp³-hybridized carbons (Fsp3) is 0.333. The van der Waals surface area contributed by atoms with Gasteiger partial charge in [-0.15, -0.1) is 10.2 Å². The fourth-order valence-corrected chi connectivity index (χ4v) is 11.2. The highest BCUT2D eigenvalue weighted by Crippen LogP contribution is 2.39. The van der Waals surface area contributed by atoms with Crippen LogP contribution < -0.4 is 14.2 Å². The minimum absolute atomic E-state index is 0.122. The molecule has 0 fully saturated rings.